The maximum Gasteiger partial charge on any atom is 0.119 e. The predicted molar refractivity (Wildman–Crippen MR) is 78.2 cm³/mol. The molecule has 2 aromatic rings. The van der Waals surface area contributed by atoms with E-state index >= 15 is 0 Å². The van der Waals surface area contributed by atoms with Crippen LogP contribution < -0.4 is 9.64 Å². The van der Waals surface area contributed by atoms with Gasteiger partial charge in [-0.05, 0) is 35.9 Å². The first kappa shape index (κ1) is 11.6. The lowest BCUT2D eigenvalue weighted by Crippen LogP contribution is -2.12. The van der Waals surface area contributed by atoms with E-state index in [1.807, 2.05) is 24.3 Å². The van der Waals surface area contributed by atoms with Crippen LogP contribution in [0.1, 0.15) is 11.1 Å². The molecule has 0 radical (unpaired) electrons. The smallest absolute Gasteiger partial charge is 0.119 e. The summed E-state index contributed by atoms with van der Waals surface area (Å²) >= 11 is 0. The molecule has 0 atom stereocenters. The van der Waals surface area contributed by atoms with Crippen molar-refractivity contribution in [3.05, 3.63) is 72.0 Å². The van der Waals surface area contributed by atoms with Crippen molar-refractivity contribution in [1.82, 2.24) is 0 Å². The third kappa shape index (κ3) is 1.92. The van der Waals surface area contributed by atoms with Crippen LogP contribution in [-0.2, 0) is 6.54 Å². The Morgan fingerprint density at radius 1 is 1.16 bits per heavy atom. The number of ether oxygens (including phenoxy) is 1. The molecule has 0 fully saturated rings. The second kappa shape index (κ2) is 4.68. The minimum absolute atomic E-state index is 0.828. The van der Waals surface area contributed by atoms with Gasteiger partial charge in [-0.1, -0.05) is 24.8 Å². The second-order valence-corrected chi connectivity index (χ2v) is 4.47. The summed E-state index contributed by atoms with van der Waals surface area (Å²) in [5.74, 6) is 0.886. The van der Waals surface area contributed by atoms with Crippen molar-refractivity contribution >= 4 is 11.4 Å². The van der Waals surface area contributed by atoms with Crippen LogP contribution in [-0.4, -0.2) is 7.11 Å². The van der Waals surface area contributed by atoms with Gasteiger partial charge >= 0.3 is 0 Å². The molecule has 2 nitrogen and oxygen atoms in total. The molecule has 1 aliphatic rings. The van der Waals surface area contributed by atoms with Gasteiger partial charge in [0.1, 0.15) is 5.75 Å². The van der Waals surface area contributed by atoms with Crippen LogP contribution in [0.4, 0.5) is 5.69 Å². The molecular formula is C17H15NO. The quantitative estimate of drug-likeness (QED) is 0.750. The summed E-state index contributed by atoms with van der Waals surface area (Å²) in [7, 11) is 1.69. The predicted octanol–water partition coefficient (Wildman–Crippen LogP) is 3.84. The number of hydrogen-bond donors (Lipinski definition) is 0. The summed E-state index contributed by atoms with van der Waals surface area (Å²) in [4.78, 5) is 2.22. The van der Waals surface area contributed by atoms with Crippen molar-refractivity contribution < 1.29 is 4.74 Å². The molecule has 0 amide bonds. The van der Waals surface area contributed by atoms with Crippen LogP contribution in [0.15, 0.2) is 60.8 Å². The van der Waals surface area contributed by atoms with Crippen molar-refractivity contribution in [3.63, 3.8) is 0 Å². The van der Waals surface area contributed by atoms with E-state index < -0.39 is 0 Å². The van der Waals surface area contributed by atoms with Crippen LogP contribution in [0.2, 0.25) is 0 Å². The molecule has 19 heavy (non-hydrogen) atoms. The average molecular weight is 249 g/mol. The lowest BCUT2D eigenvalue weighted by atomic mass is 10.1. The van der Waals surface area contributed by atoms with Crippen LogP contribution in [0, 0.1) is 0 Å². The molecule has 94 valence electrons. The van der Waals surface area contributed by atoms with Crippen LogP contribution >= 0.6 is 0 Å². The summed E-state index contributed by atoms with van der Waals surface area (Å²) in [5, 5.41) is 0. The van der Waals surface area contributed by atoms with E-state index in [1.165, 1.54) is 11.1 Å². The fourth-order valence-electron chi connectivity index (χ4n) is 2.47. The van der Waals surface area contributed by atoms with Gasteiger partial charge in [0, 0.05) is 17.8 Å². The van der Waals surface area contributed by atoms with Crippen molar-refractivity contribution in [2.24, 2.45) is 0 Å². The zero-order chi connectivity index (χ0) is 13.2. The van der Waals surface area contributed by atoms with Gasteiger partial charge in [-0.3, -0.25) is 0 Å². The highest BCUT2D eigenvalue weighted by Gasteiger charge is 2.24. The summed E-state index contributed by atoms with van der Waals surface area (Å²) in [6, 6.07) is 16.4. The topological polar surface area (TPSA) is 12.5 Å². The Hall–Kier alpha value is -2.44. The summed E-state index contributed by atoms with van der Waals surface area (Å²) in [5.41, 5.74) is 7.67. The standard InChI is InChI=1S/C17H15NO/c1-3-17-16-10-9-15(19-2)11-13(16)12-18(17)14-7-5-4-6-8-14/h4-11H,1,12H2,2H3. The monoisotopic (exact) mass is 249 g/mol. The lowest BCUT2D eigenvalue weighted by Gasteiger charge is -2.18. The first-order valence-electron chi connectivity index (χ1n) is 6.23. The van der Waals surface area contributed by atoms with E-state index in [-0.39, 0.29) is 0 Å². The number of anilines is 1. The zero-order valence-corrected chi connectivity index (χ0v) is 10.9. The highest BCUT2D eigenvalue weighted by atomic mass is 16.5. The van der Waals surface area contributed by atoms with Gasteiger partial charge in [-0.2, -0.15) is 0 Å². The third-order valence-corrected chi connectivity index (χ3v) is 3.40. The van der Waals surface area contributed by atoms with Gasteiger partial charge in [-0.15, -0.1) is 5.73 Å². The Balaban J connectivity index is 2.07. The first-order chi connectivity index (χ1) is 9.33. The molecule has 1 heterocycles. The molecule has 0 aromatic heterocycles. The molecule has 0 bridgehead atoms. The van der Waals surface area contributed by atoms with Crippen molar-refractivity contribution in [1.29, 1.82) is 0 Å². The highest BCUT2D eigenvalue weighted by Crippen LogP contribution is 2.37. The fraction of sp³-hybridized carbons (Fsp3) is 0.118. The molecule has 0 aliphatic carbocycles. The molecule has 0 saturated carbocycles. The molecule has 0 unspecified atom stereocenters. The maximum atomic E-state index is 5.29. The normalized spacial score (nSPS) is 13.1. The Bertz CT molecular complexity index is 654. The van der Waals surface area contributed by atoms with Gasteiger partial charge in [0.25, 0.3) is 0 Å². The highest BCUT2D eigenvalue weighted by molar-refractivity contribution is 5.84. The molecule has 2 heteroatoms. The third-order valence-electron chi connectivity index (χ3n) is 3.40. The molecule has 3 rings (SSSR count). The zero-order valence-electron chi connectivity index (χ0n) is 10.9. The largest absolute Gasteiger partial charge is 0.497 e. The minimum atomic E-state index is 0.828. The fourth-order valence-corrected chi connectivity index (χ4v) is 2.47. The second-order valence-electron chi connectivity index (χ2n) is 4.47. The number of para-hydroxylation sites is 1. The van der Waals surface area contributed by atoms with E-state index in [1.54, 1.807) is 7.11 Å². The Labute approximate surface area is 113 Å². The van der Waals surface area contributed by atoms with Crippen molar-refractivity contribution in [2.75, 3.05) is 12.0 Å². The number of nitrogens with zero attached hydrogens (tertiary/aromatic N) is 1. The maximum absolute atomic E-state index is 5.29. The van der Waals surface area contributed by atoms with Crippen LogP contribution in [0.3, 0.4) is 0 Å². The van der Waals surface area contributed by atoms with E-state index in [0.29, 0.717) is 0 Å². The van der Waals surface area contributed by atoms with Gasteiger partial charge in [0.2, 0.25) is 0 Å². The molecular weight excluding hydrogens is 234 g/mol. The van der Waals surface area contributed by atoms with Crippen molar-refractivity contribution in [2.45, 2.75) is 6.54 Å². The lowest BCUT2D eigenvalue weighted by molar-refractivity contribution is 0.414. The number of fused-ring (bicyclic) bond motifs is 1. The van der Waals surface area contributed by atoms with Crippen molar-refractivity contribution in [3.8, 4) is 5.75 Å². The van der Waals surface area contributed by atoms with E-state index in [0.717, 1.165) is 23.7 Å². The molecule has 1 aliphatic heterocycles. The number of hydrogen-bond acceptors (Lipinski definition) is 2. The number of rotatable bonds is 2. The van der Waals surface area contributed by atoms with E-state index in [2.05, 4.69) is 41.5 Å². The molecule has 0 N–H and O–H groups in total. The average Bonchev–Trinajstić information content (AvgIpc) is 2.85. The Morgan fingerprint density at radius 3 is 2.63 bits per heavy atom. The molecule has 2 aromatic carbocycles. The minimum Gasteiger partial charge on any atom is -0.497 e. The van der Waals surface area contributed by atoms with Gasteiger partial charge in [0.15, 0.2) is 0 Å². The van der Waals surface area contributed by atoms with Gasteiger partial charge < -0.3 is 9.64 Å². The van der Waals surface area contributed by atoms with Crippen LogP contribution in [0.5, 0.6) is 5.75 Å². The van der Waals surface area contributed by atoms with E-state index in [9.17, 15) is 0 Å². The summed E-state index contributed by atoms with van der Waals surface area (Å²) < 4.78 is 5.29. The SMILES string of the molecule is C=C=C1c2ccc(OC)cc2CN1c1ccccc1. The number of benzene rings is 2. The first-order valence-corrected chi connectivity index (χ1v) is 6.23. The van der Waals surface area contributed by atoms with Gasteiger partial charge in [-0.25, -0.2) is 0 Å². The summed E-state index contributed by atoms with van der Waals surface area (Å²) in [6.45, 7) is 4.65. The van der Waals surface area contributed by atoms with E-state index in [4.69, 9.17) is 4.74 Å². The Morgan fingerprint density at radius 2 is 1.95 bits per heavy atom. The number of methoxy groups -OCH3 is 1. The Kier molecular flexibility index (Phi) is 2.86. The molecule has 0 saturated heterocycles. The summed E-state index contributed by atoms with van der Waals surface area (Å²) in [6.07, 6.45) is 0. The molecule has 0 spiro atoms. The van der Waals surface area contributed by atoms with Crippen LogP contribution in [0.25, 0.3) is 5.70 Å². The van der Waals surface area contributed by atoms with Gasteiger partial charge in [0.05, 0.1) is 12.8 Å².